The molecule has 1 aromatic heterocycles. The van der Waals surface area contributed by atoms with Crippen LogP contribution in [-0.4, -0.2) is 11.8 Å². The monoisotopic (exact) mass is 420 g/mol. The van der Waals surface area contributed by atoms with Crippen molar-refractivity contribution in [2.24, 2.45) is 0 Å². The molecule has 1 aliphatic rings. The molecule has 0 aliphatic carbocycles. The highest BCUT2D eigenvalue weighted by Gasteiger charge is 2.30. The average molecular weight is 421 g/mol. The van der Waals surface area contributed by atoms with E-state index in [2.05, 4.69) is 5.32 Å². The standard InChI is InChI=1S/C23H17ClN2O2S/c1-15(27)25-19-8-4-16(5-9-19)22-14-17(13-21-3-2-12-29-21)23(28)26(22)20-10-6-18(24)7-11-20/h2-14H,1H3,(H,25,27)/b17-13-. The van der Waals surface area contributed by atoms with E-state index >= 15 is 0 Å². The van der Waals surface area contributed by atoms with Gasteiger partial charge in [-0.15, -0.1) is 11.3 Å². The number of nitrogens with one attached hydrogen (secondary N) is 1. The molecular formula is C23H17ClN2O2S. The van der Waals surface area contributed by atoms with Crippen LogP contribution in [0.25, 0.3) is 11.8 Å². The molecule has 144 valence electrons. The minimum Gasteiger partial charge on any atom is -0.326 e. The molecule has 4 rings (SSSR count). The zero-order chi connectivity index (χ0) is 20.4. The van der Waals surface area contributed by atoms with Gasteiger partial charge in [-0.1, -0.05) is 29.8 Å². The van der Waals surface area contributed by atoms with Crippen LogP contribution in [-0.2, 0) is 9.59 Å². The minimum absolute atomic E-state index is 0.0957. The second-order valence-corrected chi connectivity index (χ2v) is 7.94. The van der Waals surface area contributed by atoms with Crippen LogP contribution < -0.4 is 10.2 Å². The van der Waals surface area contributed by atoms with E-state index in [1.807, 2.05) is 66.1 Å². The quantitative estimate of drug-likeness (QED) is 0.539. The van der Waals surface area contributed by atoms with Crippen LogP contribution in [0.4, 0.5) is 11.4 Å². The summed E-state index contributed by atoms with van der Waals surface area (Å²) in [6.45, 7) is 1.47. The topological polar surface area (TPSA) is 49.4 Å². The van der Waals surface area contributed by atoms with Gasteiger partial charge >= 0.3 is 0 Å². The summed E-state index contributed by atoms with van der Waals surface area (Å²) in [5.41, 5.74) is 3.71. The summed E-state index contributed by atoms with van der Waals surface area (Å²) < 4.78 is 0. The molecule has 2 heterocycles. The molecule has 6 heteroatoms. The molecule has 0 radical (unpaired) electrons. The summed E-state index contributed by atoms with van der Waals surface area (Å²) in [6, 6.07) is 18.5. The van der Waals surface area contributed by atoms with Crippen molar-refractivity contribution < 1.29 is 9.59 Å². The third-order valence-electron chi connectivity index (χ3n) is 4.41. The Balaban J connectivity index is 1.76. The Morgan fingerprint density at radius 3 is 2.41 bits per heavy atom. The number of rotatable bonds is 4. The molecule has 0 bridgehead atoms. The van der Waals surface area contributed by atoms with E-state index in [0.29, 0.717) is 16.3 Å². The first-order valence-electron chi connectivity index (χ1n) is 8.96. The fourth-order valence-corrected chi connectivity index (χ4v) is 3.92. The van der Waals surface area contributed by atoms with Crippen molar-refractivity contribution in [3.05, 3.63) is 93.2 Å². The van der Waals surface area contributed by atoms with E-state index in [4.69, 9.17) is 11.6 Å². The molecule has 0 atom stereocenters. The van der Waals surface area contributed by atoms with Crippen molar-refractivity contribution in [1.29, 1.82) is 0 Å². The highest BCUT2D eigenvalue weighted by atomic mass is 35.5. The largest absolute Gasteiger partial charge is 0.326 e. The van der Waals surface area contributed by atoms with Crippen molar-refractivity contribution in [3.8, 4) is 0 Å². The van der Waals surface area contributed by atoms with Crippen LogP contribution in [0.2, 0.25) is 5.02 Å². The number of nitrogens with zero attached hydrogens (tertiary/aromatic N) is 1. The molecule has 0 unspecified atom stereocenters. The lowest BCUT2D eigenvalue weighted by atomic mass is 10.1. The smallest absolute Gasteiger partial charge is 0.262 e. The summed E-state index contributed by atoms with van der Waals surface area (Å²) in [5, 5.41) is 5.35. The van der Waals surface area contributed by atoms with Crippen LogP contribution >= 0.6 is 22.9 Å². The molecule has 1 aliphatic heterocycles. The number of halogens is 1. The number of thiophene rings is 1. The number of hydrogen-bond acceptors (Lipinski definition) is 3. The summed E-state index contributed by atoms with van der Waals surface area (Å²) in [7, 11) is 0. The summed E-state index contributed by atoms with van der Waals surface area (Å²) >= 11 is 7.61. The van der Waals surface area contributed by atoms with E-state index in [0.717, 1.165) is 21.8 Å². The fraction of sp³-hybridized carbons (Fsp3) is 0.0435. The molecule has 4 nitrogen and oxygen atoms in total. The van der Waals surface area contributed by atoms with Gasteiger partial charge in [-0.2, -0.15) is 0 Å². The SMILES string of the molecule is CC(=O)Nc1ccc(C2=C/C(=C/c3cccs3)C(=O)N2c2ccc(Cl)cc2)cc1. The van der Waals surface area contributed by atoms with Gasteiger partial charge in [0.1, 0.15) is 0 Å². The van der Waals surface area contributed by atoms with Gasteiger partial charge in [0.25, 0.3) is 5.91 Å². The Hall–Kier alpha value is -3.15. The van der Waals surface area contributed by atoms with Crippen LogP contribution in [0, 0.1) is 0 Å². The normalized spacial score (nSPS) is 15.0. The third-order valence-corrected chi connectivity index (χ3v) is 5.48. The van der Waals surface area contributed by atoms with Gasteiger partial charge < -0.3 is 5.32 Å². The lowest BCUT2D eigenvalue weighted by Gasteiger charge is -2.21. The molecule has 0 spiro atoms. The summed E-state index contributed by atoms with van der Waals surface area (Å²) in [6.07, 6.45) is 3.79. The first-order valence-corrected chi connectivity index (χ1v) is 10.2. The van der Waals surface area contributed by atoms with E-state index < -0.39 is 0 Å². The number of hydrogen-bond donors (Lipinski definition) is 1. The highest BCUT2D eigenvalue weighted by Crippen LogP contribution is 2.36. The second-order valence-electron chi connectivity index (χ2n) is 6.52. The summed E-state index contributed by atoms with van der Waals surface area (Å²) in [4.78, 5) is 27.2. The van der Waals surface area contributed by atoms with Crippen molar-refractivity contribution in [2.75, 3.05) is 10.2 Å². The molecule has 0 saturated heterocycles. The second kappa shape index (κ2) is 8.07. The van der Waals surface area contributed by atoms with E-state index in [1.54, 1.807) is 28.4 Å². The van der Waals surface area contributed by atoms with Gasteiger partial charge in [0.05, 0.1) is 5.70 Å². The van der Waals surface area contributed by atoms with E-state index in [-0.39, 0.29) is 11.8 Å². The van der Waals surface area contributed by atoms with E-state index in [1.165, 1.54) is 6.92 Å². The molecule has 0 saturated carbocycles. The highest BCUT2D eigenvalue weighted by molar-refractivity contribution is 7.10. The molecule has 2 amide bonds. The van der Waals surface area contributed by atoms with Gasteiger partial charge in [-0.3, -0.25) is 14.5 Å². The number of anilines is 2. The maximum Gasteiger partial charge on any atom is 0.262 e. The van der Waals surface area contributed by atoms with Crippen LogP contribution in [0.3, 0.4) is 0 Å². The van der Waals surface area contributed by atoms with Crippen LogP contribution in [0.1, 0.15) is 17.4 Å². The minimum atomic E-state index is -0.128. The lowest BCUT2D eigenvalue weighted by Crippen LogP contribution is -2.24. The Morgan fingerprint density at radius 2 is 1.79 bits per heavy atom. The molecular weight excluding hydrogens is 404 g/mol. The number of benzene rings is 2. The number of carbonyl (C=O) groups is 2. The average Bonchev–Trinajstić information content (AvgIpc) is 3.32. The molecule has 2 aromatic carbocycles. The Kier molecular flexibility index (Phi) is 5.34. The third kappa shape index (κ3) is 4.16. The van der Waals surface area contributed by atoms with Gasteiger partial charge in [-0.05, 0) is 65.6 Å². The van der Waals surface area contributed by atoms with E-state index in [9.17, 15) is 9.59 Å². The van der Waals surface area contributed by atoms with Crippen LogP contribution in [0.5, 0.6) is 0 Å². The van der Waals surface area contributed by atoms with Gasteiger partial charge in [0.15, 0.2) is 0 Å². The number of amides is 2. The Labute approximate surface area is 177 Å². The first kappa shape index (κ1) is 19.2. The maximum absolute atomic E-state index is 13.2. The van der Waals surface area contributed by atoms with Gasteiger partial charge in [-0.25, -0.2) is 0 Å². The lowest BCUT2D eigenvalue weighted by molar-refractivity contribution is -0.114. The maximum atomic E-state index is 13.2. The zero-order valence-electron chi connectivity index (χ0n) is 15.6. The van der Waals surface area contributed by atoms with Gasteiger partial charge in [0, 0.05) is 33.8 Å². The Bertz CT molecular complexity index is 1110. The number of carbonyl (C=O) groups excluding carboxylic acids is 2. The fourth-order valence-electron chi connectivity index (χ4n) is 3.13. The summed E-state index contributed by atoms with van der Waals surface area (Å²) in [5.74, 6) is -0.223. The van der Waals surface area contributed by atoms with Crippen molar-refractivity contribution in [1.82, 2.24) is 0 Å². The Morgan fingerprint density at radius 1 is 1.07 bits per heavy atom. The van der Waals surface area contributed by atoms with Crippen LogP contribution in [0.15, 0.2) is 77.7 Å². The predicted molar refractivity (Wildman–Crippen MR) is 120 cm³/mol. The molecule has 29 heavy (non-hydrogen) atoms. The van der Waals surface area contributed by atoms with Crippen molar-refractivity contribution >= 4 is 57.9 Å². The zero-order valence-corrected chi connectivity index (χ0v) is 17.1. The first-order chi connectivity index (χ1) is 14.0. The van der Waals surface area contributed by atoms with Crippen molar-refractivity contribution in [2.45, 2.75) is 6.92 Å². The molecule has 3 aromatic rings. The van der Waals surface area contributed by atoms with Crippen molar-refractivity contribution in [3.63, 3.8) is 0 Å². The predicted octanol–water partition coefficient (Wildman–Crippen LogP) is 5.83. The van der Waals surface area contributed by atoms with Gasteiger partial charge in [0.2, 0.25) is 5.91 Å². The molecule has 0 fully saturated rings. The molecule has 1 N–H and O–H groups in total.